The first-order valence-corrected chi connectivity index (χ1v) is 7.86. The van der Waals surface area contributed by atoms with Gasteiger partial charge in [-0.3, -0.25) is 4.68 Å². The van der Waals surface area contributed by atoms with Crippen LogP contribution in [0.4, 0.5) is 0 Å². The fourth-order valence-electron chi connectivity index (χ4n) is 3.30. The van der Waals surface area contributed by atoms with Gasteiger partial charge in [-0.2, -0.15) is 5.10 Å². The Balaban J connectivity index is 1.65. The van der Waals surface area contributed by atoms with Gasteiger partial charge in [0.15, 0.2) is 0 Å². The maximum Gasteiger partial charge on any atom is 0.122 e. The number of aromatic nitrogens is 4. The van der Waals surface area contributed by atoms with Crippen LogP contribution in [-0.2, 0) is 25.4 Å². The van der Waals surface area contributed by atoms with Crippen LogP contribution in [0.5, 0.6) is 0 Å². The van der Waals surface area contributed by atoms with Crippen LogP contribution < -0.4 is 5.32 Å². The van der Waals surface area contributed by atoms with Crippen molar-refractivity contribution < 1.29 is 4.74 Å². The molecule has 22 heavy (non-hydrogen) atoms. The molecular formula is C16H25N5O. The highest BCUT2D eigenvalue weighted by Gasteiger charge is 2.33. The summed E-state index contributed by atoms with van der Waals surface area (Å²) in [6.45, 7) is 6.74. The van der Waals surface area contributed by atoms with E-state index in [0.29, 0.717) is 5.92 Å². The van der Waals surface area contributed by atoms with Crippen LogP contribution in [0.1, 0.15) is 35.3 Å². The second kappa shape index (κ2) is 6.22. The summed E-state index contributed by atoms with van der Waals surface area (Å²) in [5.74, 6) is 1.55. The van der Waals surface area contributed by atoms with E-state index in [9.17, 15) is 0 Å². The monoisotopic (exact) mass is 303 g/mol. The molecule has 1 fully saturated rings. The summed E-state index contributed by atoms with van der Waals surface area (Å²) in [7, 11) is 4.02. The summed E-state index contributed by atoms with van der Waals surface area (Å²) in [5, 5.41) is 8.05. The zero-order valence-electron chi connectivity index (χ0n) is 13.8. The summed E-state index contributed by atoms with van der Waals surface area (Å²) < 4.78 is 10.0. The molecule has 2 aromatic rings. The number of hydrogen-bond acceptors (Lipinski definition) is 4. The van der Waals surface area contributed by atoms with Gasteiger partial charge < -0.3 is 14.6 Å². The quantitative estimate of drug-likeness (QED) is 0.912. The minimum atomic E-state index is 0.155. The normalized spacial score (nSPS) is 21.6. The molecule has 3 rings (SSSR count). The van der Waals surface area contributed by atoms with Crippen molar-refractivity contribution in [3.05, 3.63) is 35.2 Å². The minimum absolute atomic E-state index is 0.155. The minimum Gasteiger partial charge on any atom is -0.373 e. The molecule has 0 spiro atoms. The van der Waals surface area contributed by atoms with Gasteiger partial charge in [0.25, 0.3) is 0 Å². The van der Waals surface area contributed by atoms with Crippen LogP contribution in [0.3, 0.4) is 0 Å². The first-order valence-electron chi connectivity index (χ1n) is 7.86. The van der Waals surface area contributed by atoms with Crippen LogP contribution in [-0.4, -0.2) is 32.5 Å². The number of aryl methyl sites for hydroxylation is 3. The SMILES string of the molecule is Cc1nn(C)c(C)c1C1OCCC1CNCc1nccn1C. The fraction of sp³-hybridized carbons (Fsp3) is 0.625. The van der Waals surface area contributed by atoms with Crippen LogP contribution in [0, 0.1) is 19.8 Å². The third-order valence-electron chi connectivity index (χ3n) is 4.67. The van der Waals surface area contributed by atoms with Gasteiger partial charge in [-0.05, 0) is 20.3 Å². The second-order valence-corrected chi connectivity index (χ2v) is 6.13. The van der Waals surface area contributed by atoms with E-state index in [2.05, 4.69) is 29.2 Å². The van der Waals surface area contributed by atoms with Gasteiger partial charge in [-0.25, -0.2) is 4.98 Å². The molecule has 2 atom stereocenters. The first kappa shape index (κ1) is 15.2. The Morgan fingerprint density at radius 3 is 2.82 bits per heavy atom. The van der Waals surface area contributed by atoms with Gasteiger partial charge in [-0.1, -0.05) is 0 Å². The number of ether oxygens (including phenoxy) is 1. The lowest BCUT2D eigenvalue weighted by Gasteiger charge is -2.20. The van der Waals surface area contributed by atoms with Crippen molar-refractivity contribution in [3.8, 4) is 0 Å². The Morgan fingerprint density at radius 2 is 2.18 bits per heavy atom. The molecular weight excluding hydrogens is 278 g/mol. The molecule has 0 saturated carbocycles. The van der Waals surface area contributed by atoms with Gasteiger partial charge in [-0.15, -0.1) is 0 Å². The van der Waals surface area contributed by atoms with Gasteiger partial charge in [0.05, 0.1) is 18.3 Å². The van der Waals surface area contributed by atoms with Crippen molar-refractivity contribution in [1.29, 1.82) is 0 Å². The van der Waals surface area contributed by atoms with E-state index in [1.54, 1.807) is 0 Å². The second-order valence-electron chi connectivity index (χ2n) is 6.13. The molecule has 2 unspecified atom stereocenters. The molecule has 1 N–H and O–H groups in total. The van der Waals surface area contributed by atoms with E-state index in [4.69, 9.17) is 4.74 Å². The Labute approximate surface area is 131 Å². The molecule has 120 valence electrons. The Hall–Kier alpha value is -1.66. The zero-order chi connectivity index (χ0) is 15.7. The van der Waals surface area contributed by atoms with Gasteiger partial charge >= 0.3 is 0 Å². The highest BCUT2D eigenvalue weighted by Crippen LogP contribution is 2.37. The Bertz CT molecular complexity index is 645. The molecule has 0 aliphatic carbocycles. The van der Waals surface area contributed by atoms with Crippen molar-refractivity contribution in [2.24, 2.45) is 20.0 Å². The number of rotatable bonds is 5. The summed E-state index contributed by atoms with van der Waals surface area (Å²) in [5.41, 5.74) is 3.56. The van der Waals surface area contributed by atoms with Crippen LogP contribution in [0.2, 0.25) is 0 Å². The van der Waals surface area contributed by atoms with Crippen LogP contribution >= 0.6 is 0 Å². The van der Waals surface area contributed by atoms with E-state index in [-0.39, 0.29) is 6.10 Å². The van der Waals surface area contributed by atoms with Crippen molar-refractivity contribution in [1.82, 2.24) is 24.6 Å². The van der Waals surface area contributed by atoms with E-state index < -0.39 is 0 Å². The third-order valence-corrected chi connectivity index (χ3v) is 4.67. The van der Waals surface area contributed by atoms with Crippen molar-refractivity contribution in [3.63, 3.8) is 0 Å². The van der Waals surface area contributed by atoms with Crippen LogP contribution in [0.25, 0.3) is 0 Å². The predicted molar refractivity (Wildman–Crippen MR) is 84.4 cm³/mol. The molecule has 3 heterocycles. The number of nitrogens with one attached hydrogen (secondary N) is 1. The summed E-state index contributed by atoms with van der Waals surface area (Å²) in [4.78, 5) is 4.34. The molecule has 0 bridgehead atoms. The molecule has 1 aliphatic heterocycles. The molecule has 0 amide bonds. The smallest absolute Gasteiger partial charge is 0.122 e. The summed E-state index contributed by atoms with van der Waals surface area (Å²) in [6.07, 6.45) is 5.05. The van der Waals surface area contributed by atoms with Crippen molar-refractivity contribution >= 4 is 0 Å². The lowest BCUT2D eigenvalue weighted by Crippen LogP contribution is -2.26. The molecule has 6 heteroatoms. The number of nitrogens with zero attached hydrogens (tertiary/aromatic N) is 4. The lowest BCUT2D eigenvalue weighted by atomic mass is 9.94. The van der Waals surface area contributed by atoms with Crippen molar-refractivity contribution in [2.45, 2.75) is 32.9 Å². The lowest BCUT2D eigenvalue weighted by molar-refractivity contribution is 0.0893. The third kappa shape index (κ3) is 2.80. The van der Waals surface area contributed by atoms with Gasteiger partial charge in [0.2, 0.25) is 0 Å². The molecule has 1 aliphatic rings. The molecule has 0 radical (unpaired) electrons. The predicted octanol–water partition coefficient (Wildman–Crippen LogP) is 1.64. The Kier molecular flexibility index (Phi) is 4.31. The van der Waals surface area contributed by atoms with E-state index in [1.807, 2.05) is 35.7 Å². The average Bonchev–Trinajstić information content (AvgIpc) is 3.14. The van der Waals surface area contributed by atoms with Gasteiger partial charge in [0, 0.05) is 56.8 Å². The number of hydrogen-bond donors (Lipinski definition) is 1. The molecule has 0 aromatic carbocycles. The fourth-order valence-corrected chi connectivity index (χ4v) is 3.30. The topological polar surface area (TPSA) is 56.9 Å². The largest absolute Gasteiger partial charge is 0.373 e. The average molecular weight is 303 g/mol. The highest BCUT2D eigenvalue weighted by molar-refractivity contribution is 5.28. The molecule has 1 saturated heterocycles. The van der Waals surface area contributed by atoms with Gasteiger partial charge in [0.1, 0.15) is 5.82 Å². The zero-order valence-corrected chi connectivity index (χ0v) is 13.8. The molecule has 6 nitrogen and oxygen atoms in total. The molecule has 2 aromatic heterocycles. The maximum absolute atomic E-state index is 6.02. The Morgan fingerprint density at radius 1 is 1.36 bits per heavy atom. The van der Waals surface area contributed by atoms with E-state index in [0.717, 1.165) is 37.6 Å². The highest BCUT2D eigenvalue weighted by atomic mass is 16.5. The first-order chi connectivity index (χ1) is 10.6. The standard InChI is InChI=1S/C16H25N5O/c1-11-15(12(2)21(4)19-11)16-13(5-8-22-16)9-17-10-14-18-6-7-20(14)3/h6-7,13,16-17H,5,8-10H2,1-4H3. The van der Waals surface area contributed by atoms with E-state index in [1.165, 1.54) is 11.3 Å². The van der Waals surface area contributed by atoms with E-state index >= 15 is 0 Å². The summed E-state index contributed by atoms with van der Waals surface area (Å²) in [6, 6.07) is 0. The maximum atomic E-state index is 6.02. The number of imidazole rings is 1. The summed E-state index contributed by atoms with van der Waals surface area (Å²) >= 11 is 0. The van der Waals surface area contributed by atoms with Crippen LogP contribution in [0.15, 0.2) is 12.4 Å². The van der Waals surface area contributed by atoms with Crippen molar-refractivity contribution in [2.75, 3.05) is 13.2 Å².